The van der Waals surface area contributed by atoms with E-state index >= 15 is 0 Å². The Balaban J connectivity index is 2.21. The van der Waals surface area contributed by atoms with Gasteiger partial charge in [0, 0.05) is 6.42 Å². The van der Waals surface area contributed by atoms with Crippen LogP contribution in [0.25, 0.3) is 0 Å². The first kappa shape index (κ1) is 10.5. The summed E-state index contributed by atoms with van der Waals surface area (Å²) in [6.45, 7) is 1.54. The highest BCUT2D eigenvalue weighted by molar-refractivity contribution is 6.24. The average Bonchev–Trinajstić information content (AvgIpc) is 2.15. The summed E-state index contributed by atoms with van der Waals surface area (Å²) in [7, 11) is 0. The zero-order valence-corrected chi connectivity index (χ0v) is 9.38. The molecule has 0 radical (unpaired) electrons. The smallest absolute Gasteiger partial charge is 0.189 e. The molecular weight excluding hydrogens is 212 g/mol. The average molecular weight is 225 g/mol. The number of alkyl halides is 1. The molecule has 0 spiro atoms. The van der Waals surface area contributed by atoms with Crippen LogP contribution in [-0.4, -0.2) is 10.8 Å². The second-order valence-electron chi connectivity index (χ2n) is 3.97. The first-order valence-electron chi connectivity index (χ1n) is 5.04. The molecular formula is C12H13ClO2. The van der Waals surface area contributed by atoms with E-state index in [9.17, 15) is 4.79 Å². The van der Waals surface area contributed by atoms with Crippen molar-refractivity contribution in [3.05, 3.63) is 29.8 Å². The normalized spacial score (nSPS) is 24.1. The summed E-state index contributed by atoms with van der Waals surface area (Å²) < 4.78 is 5.67. The summed E-state index contributed by atoms with van der Waals surface area (Å²) in [5.41, 5.74) is 1.16. The van der Waals surface area contributed by atoms with E-state index in [-0.39, 0.29) is 12.2 Å². The van der Waals surface area contributed by atoms with Crippen molar-refractivity contribution in [3.63, 3.8) is 0 Å². The van der Waals surface area contributed by atoms with Crippen LogP contribution in [0.3, 0.4) is 0 Å². The number of benzene rings is 1. The molecule has 1 aromatic carbocycles. The number of carbonyl (C=O) groups excluding carboxylic acids is 1. The molecule has 1 aliphatic rings. The molecule has 0 N–H and O–H groups in total. The number of aryl methyl sites for hydroxylation is 1. The van der Waals surface area contributed by atoms with Gasteiger partial charge < -0.3 is 4.74 Å². The van der Waals surface area contributed by atoms with Crippen LogP contribution in [-0.2, 0) is 11.2 Å². The van der Waals surface area contributed by atoms with Gasteiger partial charge in [-0.15, -0.1) is 0 Å². The molecule has 1 aromatic rings. The van der Waals surface area contributed by atoms with Crippen LogP contribution in [0, 0.1) is 0 Å². The van der Waals surface area contributed by atoms with Crippen molar-refractivity contribution in [2.75, 3.05) is 0 Å². The number of ketones is 1. The molecule has 0 bridgehead atoms. The second kappa shape index (κ2) is 3.86. The third-order valence-corrected chi connectivity index (χ3v) is 2.95. The van der Waals surface area contributed by atoms with Gasteiger partial charge in [-0.25, -0.2) is 0 Å². The van der Waals surface area contributed by atoms with Crippen molar-refractivity contribution < 1.29 is 9.53 Å². The third-order valence-electron chi connectivity index (χ3n) is 2.55. The minimum atomic E-state index is -0.833. The van der Waals surface area contributed by atoms with Gasteiger partial charge in [-0.05, 0) is 25.0 Å². The Bertz CT molecular complexity index is 389. The molecule has 1 heterocycles. The lowest BCUT2D eigenvalue weighted by molar-refractivity contribution is -0.119. The number of ether oxygens (including phenoxy) is 1. The molecule has 2 nitrogen and oxygen atoms in total. The molecule has 0 aliphatic carbocycles. The Labute approximate surface area is 94.2 Å². The van der Waals surface area contributed by atoms with Crippen LogP contribution < -0.4 is 4.74 Å². The largest absolute Gasteiger partial charge is 0.471 e. The summed E-state index contributed by atoms with van der Waals surface area (Å²) >= 11 is 6.25. The van der Waals surface area contributed by atoms with Gasteiger partial charge in [0.15, 0.2) is 5.06 Å². The van der Waals surface area contributed by atoms with E-state index in [0.717, 1.165) is 17.7 Å². The number of rotatable bonds is 2. The van der Waals surface area contributed by atoms with E-state index in [4.69, 9.17) is 16.3 Å². The molecule has 3 heteroatoms. The van der Waals surface area contributed by atoms with E-state index in [0.29, 0.717) is 6.42 Å². The number of carbonyl (C=O) groups is 1. The monoisotopic (exact) mass is 224 g/mol. The predicted molar refractivity (Wildman–Crippen MR) is 59.3 cm³/mol. The van der Waals surface area contributed by atoms with Crippen LogP contribution in [0.4, 0.5) is 0 Å². The topological polar surface area (TPSA) is 26.3 Å². The Morgan fingerprint density at radius 2 is 2.27 bits per heavy atom. The number of hydrogen-bond acceptors (Lipinski definition) is 2. The maximum Gasteiger partial charge on any atom is 0.189 e. The van der Waals surface area contributed by atoms with Gasteiger partial charge >= 0.3 is 0 Å². The van der Waals surface area contributed by atoms with Gasteiger partial charge in [-0.3, -0.25) is 4.79 Å². The molecule has 1 aliphatic heterocycles. The van der Waals surface area contributed by atoms with Crippen LogP contribution >= 0.6 is 11.6 Å². The summed E-state index contributed by atoms with van der Waals surface area (Å²) in [4.78, 5) is 11.1. The molecule has 0 fully saturated rings. The second-order valence-corrected chi connectivity index (χ2v) is 4.66. The summed E-state index contributed by atoms with van der Waals surface area (Å²) in [5.74, 6) is 0.865. The van der Waals surface area contributed by atoms with Gasteiger partial charge in [0.1, 0.15) is 11.5 Å². The van der Waals surface area contributed by atoms with Crippen molar-refractivity contribution >= 4 is 17.4 Å². The summed E-state index contributed by atoms with van der Waals surface area (Å²) in [6, 6.07) is 7.81. The Morgan fingerprint density at radius 3 is 3.00 bits per heavy atom. The fraction of sp³-hybridized carbons (Fsp3) is 0.417. The standard InChI is InChI=1S/C12H13ClO2/c1-9(14)8-12(13)7-6-10-4-2-3-5-11(10)15-12/h2-5H,6-8H2,1H3. The van der Waals surface area contributed by atoms with Crippen molar-refractivity contribution in [2.45, 2.75) is 31.2 Å². The minimum Gasteiger partial charge on any atom is -0.471 e. The summed E-state index contributed by atoms with van der Waals surface area (Å²) in [5, 5.41) is -0.833. The molecule has 80 valence electrons. The molecule has 1 unspecified atom stereocenters. The maximum atomic E-state index is 11.1. The number of Topliss-reactive ketones (excluding diaryl/α,β-unsaturated/α-hetero) is 1. The molecule has 0 saturated carbocycles. The zero-order valence-electron chi connectivity index (χ0n) is 8.63. The van der Waals surface area contributed by atoms with E-state index in [1.54, 1.807) is 0 Å². The van der Waals surface area contributed by atoms with Crippen LogP contribution in [0.1, 0.15) is 25.3 Å². The highest BCUT2D eigenvalue weighted by Gasteiger charge is 2.35. The highest BCUT2D eigenvalue weighted by atomic mass is 35.5. The third kappa shape index (κ3) is 2.32. The fourth-order valence-electron chi connectivity index (χ4n) is 1.88. The van der Waals surface area contributed by atoms with Gasteiger partial charge in [0.25, 0.3) is 0 Å². The number of halogens is 1. The van der Waals surface area contributed by atoms with Gasteiger partial charge in [0.2, 0.25) is 0 Å². The SMILES string of the molecule is CC(=O)CC1(Cl)CCc2ccccc2O1. The number of para-hydroxylation sites is 1. The lowest BCUT2D eigenvalue weighted by atomic mass is 9.99. The quantitative estimate of drug-likeness (QED) is 0.722. The van der Waals surface area contributed by atoms with Crippen molar-refractivity contribution in [1.29, 1.82) is 0 Å². The van der Waals surface area contributed by atoms with Crippen molar-refractivity contribution in [3.8, 4) is 5.75 Å². The Kier molecular flexibility index (Phi) is 2.70. The molecule has 15 heavy (non-hydrogen) atoms. The van der Waals surface area contributed by atoms with Crippen molar-refractivity contribution in [2.24, 2.45) is 0 Å². The first-order valence-corrected chi connectivity index (χ1v) is 5.42. The molecule has 1 atom stereocenters. The van der Waals surface area contributed by atoms with Crippen LogP contribution in [0.2, 0.25) is 0 Å². The Hall–Kier alpha value is -1.02. The maximum absolute atomic E-state index is 11.1. The first-order chi connectivity index (χ1) is 7.09. The Morgan fingerprint density at radius 1 is 1.53 bits per heavy atom. The number of fused-ring (bicyclic) bond motifs is 1. The highest BCUT2D eigenvalue weighted by Crippen LogP contribution is 2.37. The van der Waals surface area contributed by atoms with Gasteiger partial charge in [-0.1, -0.05) is 29.8 Å². The molecule has 0 amide bonds. The van der Waals surface area contributed by atoms with Crippen LogP contribution in [0.15, 0.2) is 24.3 Å². The van der Waals surface area contributed by atoms with Crippen molar-refractivity contribution in [1.82, 2.24) is 0 Å². The lowest BCUT2D eigenvalue weighted by Crippen LogP contribution is -2.35. The van der Waals surface area contributed by atoms with Gasteiger partial charge in [-0.2, -0.15) is 0 Å². The molecule has 0 saturated heterocycles. The van der Waals surface area contributed by atoms with Gasteiger partial charge in [0.05, 0.1) is 6.42 Å². The van der Waals surface area contributed by atoms with Crippen LogP contribution in [0.5, 0.6) is 5.75 Å². The van der Waals surface area contributed by atoms with E-state index in [1.807, 2.05) is 24.3 Å². The summed E-state index contributed by atoms with van der Waals surface area (Å²) in [6.07, 6.45) is 1.82. The minimum absolute atomic E-state index is 0.0596. The van der Waals surface area contributed by atoms with E-state index in [2.05, 4.69) is 0 Å². The van der Waals surface area contributed by atoms with E-state index < -0.39 is 5.06 Å². The predicted octanol–water partition coefficient (Wildman–Crippen LogP) is 2.93. The number of hydrogen-bond donors (Lipinski definition) is 0. The molecule has 0 aromatic heterocycles. The molecule has 2 rings (SSSR count). The fourth-order valence-corrected chi connectivity index (χ4v) is 2.24. The zero-order chi connectivity index (χ0) is 10.9. The van der Waals surface area contributed by atoms with E-state index in [1.165, 1.54) is 6.92 Å². The lowest BCUT2D eigenvalue weighted by Gasteiger charge is -2.32.